The van der Waals surface area contributed by atoms with Crippen LogP contribution in [0.4, 0.5) is 5.82 Å². The Bertz CT molecular complexity index is 529. The van der Waals surface area contributed by atoms with Gasteiger partial charge in [-0.25, -0.2) is 4.98 Å². The van der Waals surface area contributed by atoms with E-state index >= 15 is 0 Å². The molecular weight excluding hydrogens is 250 g/mol. The number of nitrogens with one attached hydrogen (secondary N) is 1. The van der Waals surface area contributed by atoms with Gasteiger partial charge >= 0.3 is 0 Å². The molecule has 0 aliphatic rings. The second kappa shape index (κ2) is 4.50. The van der Waals surface area contributed by atoms with Crippen molar-refractivity contribution in [3.8, 4) is 0 Å². The molecule has 0 saturated heterocycles. The van der Waals surface area contributed by atoms with Crippen LogP contribution >= 0.6 is 23.1 Å². The van der Waals surface area contributed by atoms with Crippen LogP contribution in [-0.2, 0) is 0 Å². The van der Waals surface area contributed by atoms with E-state index in [0.717, 1.165) is 11.5 Å². The molecule has 0 bridgehead atoms. The smallest absolute Gasteiger partial charge is 0.270 e. The Morgan fingerprint density at radius 1 is 1.50 bits per heavy atom. The van der Waals surface area contributed by atoms with E-state index in [4.69, 9.17) is 11.6 Å². The first-order valence-corrected chi connectivity index (χ1v) is 5.40. The molecule has 2 rings (SSSR count). The second-order valence-electron chi connectivity index (χ2n) is 2.87. The highest BCUT2D eigenvalue weighted by Crippen LogP contribution is 2.12. The highest BCUT2D eigenvalue weighted by molar-refractivity contribution is 7.08. The minimum Gasteiger partial charge on any atom is -0.304 e. The lowest BCUT2D eigenvalue weighted by atomic mass is 10.4. The molecule has 2 heterocycles. The van der Waals surface area contributed by atoms with E-state index in [-0.39, 0.29) is 11.1 Å². The Hall–Kier alpha value is -1.60. The van der Waals surface area contributed by atoms with Crippen molar-refractivity contribution >= 4 is 34.9 Å². The van der Waals surface area contributed by atoms with Crippen LogP contribution in [0.25, 0.3) is 0 Å². The predicted molar refractivity (Wildman–Crippen MR) is 59.6 cm³/mol. The minimum absolute atomic E-state index is 0.219. The van der Waals surface area contributed by atoms with Crippen LogP contribution in [0, 0.1) is 6.92 Å². The Labute approximate surface area is 99.9 Å². The van der Waals surface area contributed by atoms with Crippen LogP contribution in [0.2, 0.25) is 5.15 Å². The fourth-order valence-electron chi connectivity index (χ4n) is 1.02. The largest absolute Gasteiger partial charge is 0.304 e. The van der Waals surface area contributed by atoms with E-state index in [2.05, 4.69) is 24.9 Å². The fourth-order valence-corrected chi connectivity index (χ4v) is 1.71. The molecule has 0 atom stereocenters. The molecule has 0 aliphatic carbocycles. The summed E-state index contributed by atoms with van der Waals surface area (Å²) in [6.07, 6.45) is 2.80. The standard InChI is InChI=1S/C8H6ClN5OS/c1-4-7(16-14-13-4)8(15)12-6-3-10-2-5(9)11-6/h2-3H,1H3,(H,11,12,15). The van der Waals surface area contributed by atoms with E-state index in [1.54, 1.807) is 6.92 Å². The third-order valence-electron chi connectivity index (χ3n) is 1.70. The first kappa shape index (κ1) is 10.9. The van der Waals surface area contributed by atoms with Crippen LogP contribution in [0.15, 0.2) is 12.4 Å². The third kappa shape index (κ3) is 2.31. The Balaban J connectivity index is 2.17. The predicted octanol–water partition coefficient (Wildman–Crippen LogP) is 1.54. The number of halogens is 1. The number of nitrogens with zero attached hydrogens (tertiary/aromatic N) is 4. The molecule has 0 saturated carbocycles. The summed E-state index contributed by atoms with van der Waals surface area (Å²) in [6, 6.07) is 0. The molecule has 0 spiro atoms. The molecular formula is C8H6ClN5OS. The third-order valence-corrected chi connectivity index (χ3v) is 2.71. The van der Waals surface area contributed by atoms with Crippen molar-refractivity contribution in [1.82, 2.24) is 19.6 Å². The Morgan fingerprint density at radius 3 is 2.94 bits per heavy atom. The quantitative estimate of drug-likeness (QED) is 0.880. The Kier molecular flexibility index (Phi) is 3.07. The summed E-state index contributed by atoms with van der Waals surface area (Å²) in [5.74, 6) is -0.0191. The molecule has 1 amide bonds. The molecule has 0 fully saturated rings. The number of amides is 1. The number of rotatable bonds is 2. The van der Waals surface area contributed by atoms with E-state index in [9.17, 15) is 4.79 Å². The van der Waals surface area contributed by atoms with Gasteiger partial charge in [0.2, 0.25) is 0 Å². The number of carbonyl (C=O) groups excluding carboxylic acids is 1. The molecule has 6 nitrogen and oxygen atoms in total. The lowest BCUT2D eigenvalue weighted by molar-refractivity contribution is 0.102. The maximum atomic E-state index is 11.7. The second-order valence-corrected chi connectivity index (χ2v) is 4.01. The first-order chi connectivity index (χ1) is 7.66. The van der Waals surface area contributed by atoms with Crippen LogP contribution in [-0.4, -0.2) is 25.5 Å². The molecule has 0 radical (unpaired) electrons. The lowest BCUT2D eigenvalue weighted by Gasteiger charge is -2.01. The van der Waals surface area contributed by atoms with Gasteiger partial charge in [-0.1, -0.05) is 16.1 Å². The zero-order valence-corrected chi connectivity index (χ0v) is 9.71. The lowest BCUT2D eigenvalue weighted by Crippen LogP contribution is -2.12. The van der Waals surface area contributed by atoms with Crippen LogP contribution < -0.4 is 5.32 Å². The number of hydrogen-bond acceptors (Lipinski definition) is 6. The zero-order valence-electron chi connectivity index (χ0n) is 8.14. The summed E-state index contributed by atoms with van der Waals surface area (Å²) < 4.78 is 3.67. The van der Waals surface area contributed by atoms with E-state index in [0.29, 0.717) is 16.4 Å². The number of aryl methyl sites for hydroxylation is 1. The minimum atomic E-state index is -0.316. The first-order valence-electron chi connectivity index (χ1n) is 4.24. The van der Waals surface area contributed by atoms with Gasteiger partial charge in [0, 0.05) is 0 Å². The summed E-state index contributed by atoms with van der Waals surface area (Å²) in [4.78, 5) is 19.9. The van der Waals surface area contributed by atoms with Crippen molar-refractivity contribution in [1.29, 1.82) is 0 Å². The highest BCUT2D eigenvalue weighted by atomic mass is 35.5. The summed E-state index contributed by atoms with van der Waals surface area (Å²) in [7, 11) is 0. The van der Waals surface area contributed by atoms with Gasteiger partial charge in [0.1, 0.15) is 10.0 Å². The average Bonchev–Trinajstić information content (AvgIpc) is 2.64. The topological polar surface area (TPSA) is 80.7 Å². The molecule has 8 heteroatoms. The Morgan fingerprint density at radius 2 is 2.31 bits per heavy atom. The van der Waals surface area contributed by atoms with Gasteiger partial charge in [0.05, 0.1) is 18.1 Å². The van der Waals surface area contributed by atoms with Crippen molar-refractivity contribution < 1.29 is 4.79 Å². The van der Waals surface area contributed by atoms with E-state index in [1.807, 2.05) is 0 Å². The van der Waals surface area contributed by atoms with Gasteiger partial charge < -0.3 is 5.32 Å². The summed E-state index contributed by atoms with van der Waals surface area (Å²) >= 11 is 6.66. The number of carbonyl (C=O) groups is 1. The molecule has 16 heavy (non-hydrogen) atoms. The number of anilines is 1. The summed E-state index contributed by atoms with van der Waals surface area (Å²) in [5.41, 5.74) is 0.581. The maximum absolute atomic E-state index is 11.7. The molecule has 0 unspecified atom stereocenters. The molecule has 2 aromatic heterocycles. The van der Waals surface area contributed by atoms with Gasteiger partial charge in [0.25, 0.3) is 5.91 Å². The van der Waals surface area contributed by atoms with Crippen molar-refractivity contribution in [3.05, 3.63) is 28.1 Å². The normalized spacial score (nSPS) is 10.1. The van der Waals surface area contributed by atoms with Gasteiger partial charge in [-0.3, -0.25) is 9.78 Å². The monoisotopic (exact) mass is 255 g/mol. The number of aromatic nitrogens is 4. The van der Waals surface area contributed by atoms with Crippen LogP contribution in [0.5, 0.6) is 0 Å². The van der Waals surface area contributed by atoms with Gasteiger partial charge in [-0.05, 0) is 18.5 Å². The van der Waals surface area contributed by atoms with Crippen LogP contribution in [0.1, 0.15) is 15.4 Å². The van der Waals surface area contributed by atoms with Crippen molar-refractivity contribution in [3.63, 3.8) is 0 Å². The molecule has 82 valence electrons. The van der Waals surface area contributed by atoms with Crippen molar-refractivity contribution in [2.45, 2.75) is 6.92 Å². The SMILES string of the molecule is Cc1nnsc1C(=O)Nc1cncc(Cl)n1. The molecule has 0 aliphatic heterocycles. The summed E-state index contributed by atoms with van der Waals surface area (Å²) in [5, 5.41) is 6.52. The van der Waals surface area contributed by atoms with Crippen molar-refractivity contribution in [2.75, 3.05) is 5.32 Å². The molecule has 2 aromatic rings. The van der Waals surface area contributed by atoms with Gasteiger partial charge in [-0.2, -0.15) is 0 Å². The highest BCUT2D eigenvalue weighted by Gasteiger charge is 2.13. The zero-order chi connectivity index (χ0) is 11.5. The van der Waals surface area contributed by atoms with E-state index in [1.165, 1.54) is 12.4 Å². The summed E-state index contributed by atoms with van der Waals surface area (Å²) in [6.45, 7) is 1.71. The van der Waals surface area contributed by atoms with E-state index < -0.39 is 0 Å². The van der Waals surface area contributed by atoms with Gasteiger partial charge in [-0.15, -0.1) is 5.10 Å². The molecule has 1 N–H and O–H groups in total. The average molecular weight is 256 g/mol. The van der Waals surface area contributed by atoms with Gasteiger partial charge in [0.15, 0.2) is 5.82 Å². The fraction of sp³-hybridized carbons (Fsp3) is 0.125. The number of hydrogen-bond donors (Lipinski definition) is 1. The van der Waals surface area contributed by atoms with Crippen molar-refractivity contribution in [2.24, 2.45) is 0 Å². The van der Waals surface area contributed by atoms with Crippen LogP contribution in [0.3, 0.4) is 0 Å². The molecule has 0 aromatic carbocycles. The maximum Gasteiger partial charge on any atom is 0.270 e.